The summed E-state index contributed by atoms with van der Waals surface area (Å²) in [6.07, 6.45) is 3.01. The maximum absolute atomic E-state index is 14.0. The number of carbonyl (C=O) groups is 2. The van der Waals surface area contributed by atoms with Gasteiger partial charge >= 0.3 is 6.09 Å². The largest absolute Gasteiger partial charge is 0.463 e. The highest BCUT2D eigenvalue weighted by molar-refractivity contribution is 7.93. The molecule has 1 saturated carbocycles. The Hall–Kier alpha value is -3.52. The summed E-state index contributed by atoms with van der Waals surface area (Å²) in [5.74, 6) is 3.62. The van der Waals surface area contributed by atoms with Gasteiger partial charge in [0, 0.05) is 60.4 Å². The molecule has 8 nitrogen and oxygen atoms in total. The molecule has 1 aliphatic carbocycles. The van der Waals surface area contributed by atoms with E-state index in [0.29, 0.717) is 29.4 Å². The first-order valence-corrected chi connectivity index (χ1v) is 13.9. The molecule has 196 valence electrons. The lowest BCUT2D eigenvalue weighted by Crippen LogP contribution is -2.30. The number of rotatable bonds is 4. The van der Waals surface area contributed by atoms with E-state index in [0.717, 1.165) is 12.8 Å². The predicted molar refractivity (Wildman–Crippen MR) is 137 cm³/mol. The van der Waals surface area contributed by atoms with Crippen molar-refractivity contribution in [1.29, 1.82) is 0 Å². The summed E-state index contributed by atoms with van der Waals surface area (Å²) in [5, 5.41) is 11.7. The van der Waals surface area contributed by atoms with E-state index in [9.17, 15) is 22.6 Å². The van der Waals surface area contributed by atoms with Crippen LogP contribution in [0.2, 0.25) is 0 Å². The Morgan fingerprint density at radius 1 is 1.27 bits per heavy atom. The number of anilines is 2. The lowest BCUT2D eigenvalue weighted by molar-refractivity contribution is -0.0102. The number of pyridine rings is 1. The van der Waals surface area contributed by atoms with E-state index < -0.39 is 27.7 Å². The number of alkyl halides is 2. The van der Waals surface area contributed by atoms with Gasteiger partial charge in [-0.3, -0.25) is 4.79 Å². The van der Waals surface area contributed by atoms with Crippen molar-refractivity contribution in [2.24, 2.45) is 10.3 Å². The molecule has 1 atom stereocenters. The van der Waals surface area contributed by atoms with Crippen molar-refractivity contribution >= 4 is 33.2 Å². The van der Waals surface area contributed by atoms with Crippen molar-refractivity contribution in [3.63, 3.8) is 0 Å². The van der Waals surface area contributed by atoms with Crippen molar-refractivity contribution in [2.45, 2.75) is 49.8 Å². The van der Waals surface area contributed by atoms with E-state index in [1.165, 1.54) is 24.5 Å². The van der Waals surface area contributed by atoms with Gasteiger partial charge in [0.1, 0.15) is 5.82 Å². The highest BCUT2D eigenvalue weighted by atomic mass is 32.2. The molecule has 2 aliphatic rings. The smallest absolute Gasteiger partial charge is 0.439 e. The molecule has 1 saturated heterocycles. The third-order valence-electron chi connectivity index (χ3n) is 6.33. The van der Waals surface area contributed by atoms with Crippen molar-refractivity contribution in [3.05, 3.63) is 47.2 Å². The van der Waals surface area contributed by atoms with Gasteiger partial charge in [-0.1, -0.05) is 17.9 Å². The summed E-state index contributed by atoms with van der Waals surface area (Å²) < 4.78 is 44.0. The second-order valence-electron chi connectivity index (χ2n) is 9.39. The number of hydrogen-bond donors (Lipinski definition) is 2. The molecule has 1 unspecified atom stereocenters. The van der Waals surface area contributed by atoms with Crippen LogP contribution in [0.1, 0.15) is 53.6 Å². The number of nitrogens with one attached hydrogen (secondary N) is 1. The molecule has 2 aromatic rings. The molecule has 1 aromatic carbocycles. The third kappa shape index (κ3) is 6.63. The summed E-state index contributed by atoms with van der Waals surface area (Å²) >= 11 is 0. The van der Waals surface area contributed by atoms with E-state index in [-0.39, 0.29) is 42.0 Å². The molecule has 2 fully saturated rings. The van der Waals surface area contributed by atoms with Crippen LogP contribution in [-0.4, -0.2) is 51.6 Å². The second kappa shape index (κ2) is 10.5. The number of aromatic nitrogens is 1. The lowest BCUT2D eigenvalue weighted by atomic mass is 10.0. The maximum Gasteiger partial charge on any atom is 0.439 e. The minimum Gasteiger partial charge on any atom is -0.463 e. The van der Waals surface area contributed by atoms with Gasteiger partial charge in [-0.2, -0.15) is 0 Å². The Balaban J connectivity index is 1.71. The molecule has 1 aromatic heterocycles. The monoisotopic (exact) mass is 530 g/mol. The Labute approximate surface area is 214 Å². The molecule has 0 spiro atoms. The normalized spacial score (nSPS) is 18.5. The number of benzene rings is 1. The zero-order valence-corrected chi connectivity index (χ0v) is 21.4. The fourth-order valence-corrected chi connectivity index (χ4v) is 5.20. The number of carboxylic acid groups (broad SMARTS) is 1. The highest BCUT2D eigenvalue weighted by Gasteiger charge is 2.33. The summed E-state index contributed by atoms with van der Waals surface area (Å²) in [5.41, 5.74) is 1.68. The van der Waals surface area contributed by atoms with E-state index >= 15 is 0 Å². The minimum atomic E-state index is -3.23. The molecule has 1 aliphatic heterocycles. The molecular formula is C26H28F2N4O4S. The Morgan fingerprint density at radius 3 is 2.73 bits per heavy atom. The van der Waals surface area contributed by atoms with Crippen LogP contribution in [0.3, 0.4) is 0 Å². The van der Waals surface area contributed by atoms with Gasteiger partial charge in [-0.15, -0.1) is 4.36 Å². The van der Waals surface area contributed by atoms with Gasteiger partial charge in [-0.25, -0.2) is 22.8 Å². The van der Waals surface area contributed by atoms with Crippen molar-refractivity contribution in [1.82, 2.24) is 4.98 Å². The summed E-state index contributed by atoms with van der Waals surface area (Å²) in [4.78, 5) is 30.9. The second-order valence-corrected chi connectivity index (χ2v) is 11.7. The molecule has 11 heteroatoms. The zero-order valence-electron chi connectivity index (χ0n) is 20.6. The molecule has 2 N–H and O–H groups in total. The zero-order chi connectivity index (χ0) is 26.8. The average molecular weight is 531 g/mol. The number of amides is 2. The molecule has 2 amide bonds. The summed E-state index contributed by atoms with van der Waals surface area (Å²) in [6, 6.07) is 5.97. The number of halogens is 2. The van der Waals surface area contributed by atoms with Crippen LogP contribution in [0, 0.1) is 24.7 Å². The lowest BCUT2D eigenvalue weighted by Gasteiger charge is -2.25. The molecule has 37 heavy (non-hydrogen) atoms. The van der Waals surface area contributed by atoms with Gasteiger partial charge in [0.15, 0.2) is 0 Å². The van der Waals surface area contributed by atoms with E-state index in [2.05, 4.69) is 26.5 Å². The minimum absolute atomic E-state index is 0.0525. The van der Waals surface area contributed by atoms with Crippen LogP contribution in [0.25, 0.3) is 0 Å². The Kier molecular flexibility index (Phi) is 7.50. The van der Waals surface area contributed by atoms with E-state index in [4.69, 9.17) is 5.11 Å². The Bertz CT molecular complexity index is 1420. The van der Waals surface area contributed by atoms with Crippen molar-refractivity contribution in [2.75, 3.05) is 29.6 Å². The molecule has 4 rings (SSSR count). The van der Waals surface area contributed by atoms with E-state index in [1.807, 2.05) is 0 Å². The van der Waals surface area contributed by atoms with Gasteiger partial charge in [-0.05, 0) is 49.9 Å². The van der Waals surface area contributed by atoms with Gasteiger partial charge in [0.05, 0.1) is 15.3 Å². The van der Waals surface area contributed by atoms with Crippen LogP contribution in [0.4, 0.5) is 25.1 Å². The number of carbonyl (C=O) groups excluding carboxylic acids is 1. The topological polar surface area (TPSA) is 112 Å². The maximum atomic E-state index is 14.0. The SMILES string of the molecule is Cc1c(C#CC2CC2)cnc(N2CCCC(F)(F)CC2)c1C(=O)Nc1cccc(S(C)(=O)=NC(=O)O)c1. The van der Waals surface area contributed by atoms with Crippen LogP contribution < -0.4 is 10.2 Å². The quantitative estimate of drug-likeness (QED) is 0.528. The average Bonchev–Trinajstić information content (AvgIpc) is 3.65. The van der Waals surface area contributed by atoms with Gasteiger partial charge in [0.2, 0.25) is 5.92 Å². The van der Waals surface area contributed by atoms with Crippen LogP contribution >= 0.6 is 0 Å². The van der Waals surface area contributed by atoms with Crippen molar-refractivity contribution < 1.29 is 27.7 Å². The first-order valence-electron chi connectivity index (χ1n) is 12.0. The van der Waals surface area contributed by atoms with Gasteiger partial charge < -0.3 is 15.3 Å². The number of hydrogen-bond acceptors (Lipinski definition) is 5. The number of nitrogens with zero attached hydrogens (tertiary/aromatic N) is 3. The fourth-order valence-electron chi connectivity index (χ4n) is 4.12. The molecule has 2 heterocycles. The highest BCUT2D eigenvalue weighted by Crippen LogP contribution is 2.33. The fraction of sp³-hybridized carbons (Fsp3) is 0.423. The van der Waals surface area contributed by atoms with Crippen LogP contribution in [-0.2, 0) is 9.73 Å². The molecule has 0 bridgehead atoms. The molecular weight excluding hydrogens is 502 g/mol. The first kappa shape index (κ1) is 26.5. The third-order valence-corrected chi connectivity index (χ3v) is 7.97. The standard InChI is InChI=1S/C26H28F2N4O4S/c1-17-19(10-9-18-7-8-18)16-29-23(32-13-4-11-26(27,28)12-14-32)22(17)24(33)30-20-5-3-6-21(15-20)37(2,36)31-25(34)35/h3,5-6,15-16,18H,4,7-8,11-14H2,1-2H3,(H,30,33)(H,34,35). The Morgan fingerprint density at radius 2 is 2.03 bits per heavy atom. The predicted octanol–water partition coefficient (Wildman–Crippen LogP) is 5.16. The summed E-state index contributed by atoms with van der Waals surface area (Å²) in [7, 11) is -3.23. The molecule has 0 radical (unpaired) electrons. The van der Waals surface area contributed by atoms with Crippen molar-refractivity contribution in [3.8, 4) is 11.8 Å². The van der Waals surface area contributed by atoms with Gasteiger partial charge in [0.25, 0.3) is 5.91 Å². The van der Waals surface area contributed by atoms with Crippen LogP contribution in [0.15, 0.2) is 39.7 Å². The summed E-state index contributed by atoms with van der Waals surface area (Å²) in [6.45, 7) is 2.14. The van der Waals surface area contributed by atoms with E-state index in [1.54, 1.807) is 24.1 Å². The van der Waals surface area contributed by atoms with Crippen LogP contribution in [0.5, 0.6) is 0 Å². The first-order chi connectivity index (χ1) is 17.4.